The van der Waals surface area contributed by atoms with Gasteiger partial charge in [-0.25, -0.2) is 0 Å². The lowest BCUT2D eigenvalue weighted by molar-refractivity contribution is 0.106. The van der Waals surface area contributed by atoms with E-state index in [4.69, 9.17) is 4.42 Å². The Labute approximate surface area is 106 Å². The maximum atomic E-state index is 12.4. The van der Waals surface area contributed by atoms with Crippen molar-refractivity contribution in [3.8, 4) is 0 Å². The molecule has 2 aliphatic heterocycles. The monoisotopic (exact) mass is 246 g/mol. The van der Waals surface area contributed by atoms with Crippen LogP contribution in [-0.2, 0) is 0 Å². The molecule has 2 aromatic heterocycles. The summed E-state index contributed by atoms with van der Waals surface area (Å²) in [5.74, 6) is 0.627. The van der Waals surface area contributed by atoms with E-state index in [0.717, 1.165) is 26.4 Å². The quantitative estimate of drug-likeness (QED) is 0.470. The van der Waals surface area contributed by atoms with Crippen LogP contribution in [0.2, 0.25) is 0 Å². The molecule has 0 spiro atoms. The molecule has 2 bridgehead atoms. The van der Waals surface area contributed by atoms with E-state index in [2.05, 4.69) is 9.98 Å². The van der Waals surface area contributed by atoms with Gasteiger partial charge >= 0.3 is 0 Å². The Morgan fingerprint density at radius 3 is 2.89 bits per heavy atom. The van der Waals surface area contributed by atoms with Crippen LogP contribution < -0.4 is 10.8 Å². The van der Waals surface area contributed by atoms with Gasteiger partial charge < -0.3 is 4.42 Å². The summed E-state index contributed by atoms with van der Waals surface area (Å²) in [6.07, 6.45) is 5.14. The molecular weight excluding hydrogens is 240 g/mol. The zero-order chi connectivity index (χ0) is 12.6. The van der Waals surface area contributed by atoms with Crippen LogP contribution in [0.5, 0.6) is 0 Å². The molecule has 0 amide bonds. The summed E-state index contributed by atoms with van der Waals surface area (Å²) in [7, 11) is 0. The van der Waals surface area contributed by atoms with Crippen LogP contribution >= 0.6 is 0 Å². The highest BCUT2D eigenvalue weighted by Crippen LogP contribution is 2.33. The molecule has 19 heavy (non-hydrogen) atoms. The molecule has 3 aromatic rings. The number of carbonyl (C=O) groups excluding carboxylic acids is 1. The summed E-state index contributed by atoms with van der Waals surface area (Å²) in [4.78, 5) is 20.8. The van der Waals surface area contributed by atoms with Crippen molar-refractivity contribution in [2.75, 3.05) is 0 Å². The zero-order valence-corrected chi connectivity index (χ0v) is 9.68. The van der Waals surface area contributed by atoms with Gasteiger partial charge in [-0.1, -0.05) is 6.07 Å². The largest absolute Gasteiger partial charge is 0.419 e. The molecule has 0 fully saturated rings. The van der Waals surface area contributed by atoms with Crippen LogP contribution in [0.1, 0.15) is 10.4 Å². The molecule has 3 aliphatic rings. The van der Waals surface area contributed by atoms with Crippen molar-refractivity contribution in [1.82, 2.24) is 4.98 Å². The van der Waals surface area contributed by atoms with Crippen LogP contribution in [0.4, 0.5) is 5.88 Å². The topological polar surface area (TPSA) is 55.5 Å². The third kappa shape index (κ3) is 0.944. The minimum Gasteiger partial charge on any atom is -0.419 e. The van der Waals surface area contributed by atoms with E-state index < -0.39 is 0 Å². The number of aromatic nitrogens is 1. The molecule has 0 radical (unpaired) electrons. The third-order valence-electron chi connectivity index (χ3n) is 3.72. The van der Waals surface area contributed by atoms with Crippen molar-refractivity contribution < 1.29 is 9.21 Å². The van der Waals surface area contributed by atoms with Crippen molar-refractivity contribution >= 4 is 28.5 Å². The number of hydrogen-bond acceptors (Lipinski definition) is 4. The summed E-state index contributed by atoms with van der Waals surface area (Å²) in [5.41, 5.74) is 1.25. The van der Waals surface area contributed by atoms with E-state index in [0.29, 0.717) is 17.0 Å². The molecule has 0 saturated heterocycles. The van der Waals surface area contributed by atoms with Crippen molar-refractivity contribution in [3.63, 3.8) is 0 Å². The molecule has 4 heteroatoms. The van der Waals surface area contributed by atoms with Crippen LogP contribution in [0.15, 0.2) is 40.0 Å². The molecule has 0 unspecified atom stereocenters. The Morgan fingerprint density at radius 1 is 1.11 bits per heavy atom. The fraction of sp³-hybridized carbons (Fsp3) is 0. The Hall–Kier alpha value is -2.75. The lowest BCUT2D eigenvalue weighted by Crippen LogP contribution is -2.16. The van der Waals surface area contributed by atoms with Gasteiger partial charge in [-0.3, -0.25) is 9.78 Å². The number of Topliss-reactive ketones (excluding diaryl/α,β-unsaturated/α-hetero) is 1. The van der Waals surface area contributed by atoms with E-state index in [-0.39, 0.29) is 5.78 Å². The van der Waals surface area contributed by atoms with Crippen LogP contribution in [0.25, 0.3) is 16.8 Å². The summed E-state index contributed by atoms with van der Waals surface area (Å²) in [5, 5.41) is 4.56. The second kappa shape index (κ2) is 2.80. The summed E-state index contributed by atoms with van der Waals surface area (Å²) in [6.45, 7) is 0. The number of fused-ring (bicyclic) bond motifs is 2. The van der Waals surface area contributed by atoms with Gasteiger partial charge in [-0.2, -0.15) is 4.99 Å². The molecule has 88 valence electrons. The van der Waals surface area contributed by atoms with E-state index >= 15 is 0 Å². The third-order valence-corrected chi connectivity index (χ3v) is 3.72. The first-order valence-electron chi connectivity index (χ1n) is 5.97. The van der Waals surface area contributed by atoms with Gasteiger partial charge in [0.05, 0.1) is 10.8 Å². The van der Waals surface area contributed by atoms with E-state index in [9.17, 15) is 4.79 Å². The van der Waals surface area contributed by atoms with Gasteiger partial charge in [0.2, 0.25) is 11.4 Å². The molecule has 4 nitrogen and oxygen atoms in total. The molecule has 0 atom stereocenters. The highest BCUT2D eigenvalue weighted by molar-refractivity contribution is 6.24. The first-order chi connectivity index (χ1) is 9.33. The summed E-state index contributed by atoms with van der Waals surface area (Å²) >= 11 is 0. The van der Waals surface area contributed by atoms with E-state index in [1.807, 2.05) is 18.2 Å². The summed E-state index contributed by atoms with van der Waals surface area (Å²) in [6, 6.07) is 5.77. The number of hydrogen-bond donors (Lipinski definition) is 0. The van der Waals surface area contributed by atoms with Crippen molar-refractivity contribution in [1.29, 1.82) is 0 Å². The minimum atomic E-state index is 0.00463. The fourth-order valence-electron chi connectivity index (χ4n) is 2.87. The smallest absolute Gasteiger partial charge is 0.233 e. The van der Waals surface area contributed by atoms with Crippen LogP contribution in [0.3, 0.4) is 0 Å². The van der Waals surface area contributed by atoms with Gasteiger partial charge in [-0.05, 0) is 28.6 Å². The Bertz CT molecular complexity index is 1120. The Balaban J connectivity index is 2.22. The van der Waals surface area contributed by atoms with E-state index in [1.54, 1.807) is 18.5 Å². The maximum Gasteiger partial charge on any atom is 0.233 e. The second-order valence-corrected chi connectivity index (χ2v) is 4.71. The molecule has 1 aromatic carbocycles. The highest BCUT2D eigenvalue weighted by atomic mass is 16.4. The van der Waals surface area contributed by atoms with E-state index in [1.165, 1.54) is 0 Å². The highest BCUT2D eigenvalue weighted by Gasteiger charge is 2.24. The Morgan fingerprint density at radius 2 is 2.00 bits per heavy atom. The molecule has 1 aliphatic carbocycles. The number of rotatable bonds is 0. The summed E-state index contributed by atoms with van der Waals surface area (Å²) < 4.78 is 5.41. The lowest BCUT2D eigenvalue weighted by atomic mass is 9.96. The predicted molar refractivity (Wildman–Crippen MR) is 67.4 cm³/mol. The first kappa shape index (κ1) is 9.22. The first-order valence-corrected chi connectivity index (χ1v) is 5.97. The van der Waals surface area contributed by atoms with Gasteiger partial charge in [0.1, 0.15) is 0 Å². The average Bonchev–Trinajstić information content (AvgIpc) is 2.91. The fourth-order valence-corrected chi connectivity index (χ4v) is 2.87. The molecule has 4 heterocycles. The standard InChI is InChI=1S/C15H6N2O2/c18-11-5-7-3-4-16-6-10(7)8-1-2-9-13(12(8)11)15-17-14(9)19-15/h1-6H. The number of benzene rings is 1. The number of ketones is 1. The molecule has 0 N–H and O–H groups in total. The lowest BCUT2D eigenvalue weighted by Gasteiger charge is -2.05. The SMILES string of the molecule is O=C1C=c2ccncc2=c2ccc3c4oc(c3c21)=N4. The number of furan rings is 1. The molecule has 6 rings (SSSR count). The van der Waals surface area contributed by atoms with Crippen molar-refractivity contribution in [2.24, 2.45) is 4.99 Å². The van der Waals surface area contributed by atoms with Crippen molar-refractivity contribution in [3.05, 3.63) is 57.4 Å². The van der Waals surface area contributed by atoms with Gasteiger partial charge in [0.25, 0.3) is 0 Å². The normalized spacial score (nSPS) is 14.2. The Kier molecular flexibility index (Phi) is 1.36. The van der Waals surface area contributed by atoms with Gasteiger partial charge in [-0.15, -0.1) is 0 Å². The van der Waals surface area contributed by atoms with Crippen LogP contribution in [-0.4, -0.2) is 10.8 Å². The minimum absolute atomic E-state index is 0.00463. The van der Waals surface area contributed by atoms with Crippen LogP contribution in [0, 0.1) is 10.4 Å². The zero-order valence-electron chi connectivity index (χ0n) is 9.68. The molecule has 0 saturated carbocycles. The van der Waals surface area contributed by atoms with Gasteiger partial charge in [0.15, 0.2) is 5.78 Å². The molecular formula is C15H6N2O2. The van der Waals surface area contributed by atoms with Gasteiger partial charge in [0, 0.05) is 23.2 Å². The number of carbonyl (C=O) groups is 1. The average molecular weight is 246 g/mol. The number of nitrogens with zero attached hydrogens (tertiary/aromatic N) is 2. The predicted octanol–water partition coefficient (Wildman–Crippen LogP) is 1.36. The number of pyridine rings is 1. The maximum absolute atomic E-state index is 12.4. The van der Waals surface area contributed by atoms with Crippen molar-refractivity contribution in [2.45, 2.75) is 0 Å². The second-order valence-electron chi connectivity index (χ2n) is 4.71.